The Morgan fingerprint density at radius 1 is 0.800 bits per heavy atom. The van der Waals surface area contributed by atoms with Gasteiger partial charge in [-0.2, -0.15) is 0 Å². The van der Waals surface area contributed by atoms with Crippen molar-refractivity contribution in [2.75, 3.05) is 39.6 Å². The highest BCUT2D eigenvalue weighted by Crippen LogP contribution is 2.07. The van der Waals surface area contributed by atoms with E-state index >= 15 is 0 Å². The summed E-state index contributed by atoms with van der Waals surface area (Å²) in [5.41, 5.74) is 0.939. The SMILES string of the molecule is CCCCCCCCC(=O)OCCOCCOCCNC(=O)OCc1ccccc1. The smallest absolute Gasteiger partial charge is 0.407 e. The number of carbonyl (C=O) groups is 2. The summed E-state index contributed by atoms with van der Waals surface area (Å²) in [6, 6.07) is 9.49. The fourth-order valence-electron chi connectivity index (χ4n) is 2.66. The van der Waals surface area contributed by atoms with Gasteiger partial charge >= 0.3 is 12.1 Å². The van der Waals surface area contributed by atoms with E-state index < -0.39 is 6.09 Å². The second kappa shape index (κ2) is 18.9. The number of amides is 1. The van der Waals surface area contributed by atoms with Crippen LogP contribution in [0.2, 0.25) is 0 Å². The molecule has 0 aromatic heterocycles. The lowest BCUT2D eigenvalue weighted by atomic mass is 10.1. The molecule has 1 aromatic carbocycles. The lowest BCUT2D eigenvalue weighted by Crippen LogP contribution is -2.28. The van der Waals surface area contributed by atoms with Crippen molar-refractivity contribution in [2.24, 2.45) is 0 Å². The normalized spacial score (nSPS) is 10.6. The molecule has 170 valence electrons. The summed E-state index contributed by atoms with van der Waals surface area (Å²) in [4.78, 5) is 23.1. The largest absolute Gasteiger partial charge is 0.463 e. The molecule has 7 heteroatoms. The van der Waals surface area contributed by atoms with Gasteiger partial charge in [-0.1, -0.05) is 69.4 Å². The zero-order chi connectivity index (χ0) is 21.7. The van der Waals surface area contributed by atoms with E-state index in [4.69, 9.17) is 18.9 Å². The Labute approximate surface area is 180 Å². The van der Waals surface area contributed by atoms with Gasteiger partial charge in [0, 0.05) is 13.0 Å². The van der Waals surface area contributed by atoms with Gasteiger partial charge < -0.3 is 24.3 Å². The summed E-state index contributed by atoms with van der Waals surface area (Å²) < 4.78 is 20.9. The van der Waals surface area contributed by atoms with Gasteiger partial charge in [0.15, 0.2) is 0 Å². The topological polar surface area (TPSA) is 83.1 Å². The van der Waals surface area contributed by atoms with Crippen LogP contribution in [0.25, 0.3) is 0 Å². The lowest BCUT2D eigenvalue weighted by molar-refractivity contribution is -0.145. The third-order valence-electron chi connectivity index (χ3n) is 4.33. The molecule has 0 saturated carbocycles. The van der Waals surface area contributed by atoms with E-state index in [-0.39, 0.29) is 19.2 Å². The molecule has 0 aliphatic heterocycles. The van der Waals surface area contributed by atoms with Crippen molar-refractivity contribution in [3.63, 3.8) is 0 Å². The molecule has 0 aliphatic rings. The van der Waals surface area contributed by atoms with Crippen LogP contribution in [0.3, 0.4) is 0 Å². The number of nitrogens with one attached hydrogen (secondary N) is 1. The summed E-state index contributed by atoms with van der Waals surface area (Å²) in [6.45, 7) is 4.61. The lowest BCUT2D eigenvalue weighted by Gasteiger charge is -2.08. The van der Waals surface area contributed by atoms with E-state index in [0.29, 0.717) is 39.4 Å². The highest BCUT2D eigenvalue weighted by Gasteiger charge is 2.03. The second-order valence-corrected chi connectivity index (χ2v) is 6.95. The molecule has 0 atom stereocenters. The summed E-state index contributed by atoms with van der Waals surface area (Å²) >= 11 is 0. The van der Waals surface area contributed by atoms with Gasteiger partial charge in [-0.05, 0) is 12.0 Å². The van der Waals surface area contributed by atoms with Crippen LogP contribution in [-0.4, -0.2) is 51.6 Å². The maximum absolute atomic E-state index is 11.6. The molecule has 0 radical (unpaired) electrons. The molecule has 0 aliphatic carbocycles. The average molecular weight is 424 g/mol. The molecule has 0 heterocycles. The minimum absolute atomic E-state index is 0.157. The Balaban J connectivity index is 1.80. The van der Waals surface area contributed by atoms with Crippen LogP contribution in [-0.2, 0) is 30.3 Å². The average Bonchev–Trinajstić information content (AvgIpc) is 2.76. The summed E-state index contributed by atoms with van der Waals surface area (Å²) in [5.74, 6) is -0.157. The highest BCUT2D eigenvalue weighted by molar-refractivity contribution is 5.69. The second-order valence-electron chi connectivity index (χ2n) is 6.95. The molecule has 1 N–H and O–H groups in total. The fourth-order valence-corrected chi connectivity index (χ4v) is 2.66. The van der Waals surface area contributed by atoms with Gasteiger partial charge in [-0.3, -0.25) is 4.79 Å². The van der Waals surface area contributed by atoms with E-state index in [0.717, 1.165) is 18.4 Å². The molecular weight excluding hydrogens is 386 g/mol. The number of esters is 1. The molecular formula is C23H37NO6. The Kier molecular flexibility index (Phi) is 16.3. The van der Waals surface area contributed by atoms with Crippen molar-refractivity contribution >= 4 is 12.1 Å². The standard InChI is InChI=1S/C23H37NO6/c1-2-3-4-5-6-10-13-22(25)29-19-18-28-17-16-27-15-14-24-23(26)30-20-21-11-8-7-9-12-21/h7-9,11-12H,2-6,10,13-20H2,1H3,(H,24,26). The quantitative estimate of drug-likeness (QED) is 0.281. The Morgan fingerprint density at radius 3 is 2.23 bits per heavy atom. The zero-order valence-electron chi connectivity index (χ0n) is 18.2. The van der Waals surface area contributed by atoms with Crippen LogP contribution in [0.15, 0.2) is 30.3 Å². The molecule has 1 amide bonds. The van der Waals surface area contributed by atoms with Gasteiger partial charge in [0.2, 0.25) is 0 Å². The van der Waals surface area contributed by atoms with E-state index in [1.165, 1.54) is 25.7 Å². The number of carbonyl (C=O) groups excluding carboxylic acids is 2. The van der Waals surface area contributed by atoms with Crippen molar-refractivity contribution in [3.8, 4) is 0 Å². The minimum Gasteiger partial charge on any atom is -0.463 e. The van der Waals surface area contributed by atoms with E-state index in [9.17, 15) is 9.59 Å². The molecule has 0 saturated heterocycles. The van der Waals surface area contributed by atoms with Crippen LogP contribution in [0.1, 0.15) is 57.4 Å². The summed E-state index contributed by atoms with van der Waals surface area (Å²) in [6.07, 6.45) is 6.92. The Morgan fingerprint density at radius 2 is 1.47 bits per heavy atom. The first-order valence-electron chi connectivity index (χ1n) is 11.0. The third kappa shape index (κ3) is 15.8. The van der Waals surface area contributed by atoms with Crippen LogP contribution in [0, 0.1) is 0 Å². The van der Waals surface area contributed by atoms with Crippen molar-refractivity contribution in [1.82, 2.24) is 5.32 Å². The van der Waals surface area contributed by atoms with E-state index in [1.54, 1.807) is 0 Å². The van der Waals surface area contributed by atoms with Crippen molar-refractivity contribution in [1.29, 1.82) is 0 Å². The number of hydrogen-bond donors (Lipinski definition) is 1. The molecule has 30 heavy (non-hydrogen) atoms. The predicted octanol–water partition coefficient (Wildman–Crippen LogP) is 4.24. The zero-order valence-corrected chi connectivity index (χ0v) is 18.2. The van der Waals surface area contributed by atoms with Crippen LogP contribution < -0.4 is 5.32 Å². The minimum atomic E-state index is -0.471. The van der Waals surface area contributed by atoms with Crippen LogP contribution >= 0.6 is 0 Å². The Bertz CT molecular complexity index is 552. The molecule has 0 spiro atoms. The number of hydrogen-bond acceptors (Lipinski definition) is 6. The predicted molar refractivity (Wildman–Crippen MR) is 115 cm³/mol. The maximum Gasteiger partial charge on any atom is 0.407 e. The number of ether oxygens (including phenoxy) is 4. The molecule has 1 aromatic rings. The molecule has 0 fully saturated rings. The monoisotopic (exact) mass is 423 g/mol. The molecule has 7 nitrogen and oxygen atoms in total. The summed E-state index contributed by atoms with van der Waals surface area (Å²) in [7, 11) is 0. The van der Waals surface area contributed by atoms with Crippen molar-refractivity contribution in [2.45, 2.75) is 58.5 Å². The van der Waals surface area contributed by atoms with Crippen LogP contribution in [0.4, 0.5) is 4.79 Å². The maximum atomic E-state index is 11.6. The van der Waals surface area contributed by atoms with Gasteiger partial charge in [0.1, 0.15) is 13.2 Å². The number of rotatable bonds is 18. The molecule has 1 rings (SSSR count). The summed E-state index contributed by atoms with van der Waals surface area (Å²) in [5, 5.41) is 2.62. The van der Waals surface area contributed by atoms with E-state index in [1.807, 2.05) is 30.3 Å². The Hall–Kier alpha value is -2.12. The van der Waals surface area contributed by atoms with Gasteiger partial charge in [0.25, 0.3) is 0 Å². The first kappa shape index (κ1) is 25.9. The van der Waals surface area contributed by atoms with Crippen molar-refractivity contribution < 1.29 is 28.5 Å². The highest BCUT2D eigenvalue weighted by atomic mass is 16.6. The van der Waals surface area contributed by atoms with Gasteiger partial charge in [-0.25, -0.2) is 4.79 Å². The molecule has 0 unspecified atom stereocenters. The third-order valence-corrected chi connectivity index (χ3v) is 4.33. The van der Waals surface area contributed by atoms with Crippen molar-refractivity contribution in [3.05, 3.63) is 35.9 Å². The van der Waals surface area contributed by atoms with Crippen LogP contribution in [0.5, 0.6) is 0 Å². The fraction of sp³-hybridized carbons (Fsp3) is 0.652. The molecule has 0 bridgehead atoms. The van der Waals surface area contributed by atoms with Gasteiger partial charge in [-0.15, -0.1) is 0 Å². The first-order chi connectivity index (χ1) is 14.7. The number of benzene rings is 1. The van der Waals surface area contributed by atoms with Gasteiger partial charge in [0.05, 0.1) is 26.4 Å². The number of unbranched alkanes of at least 4 members (excludes halogenated alkanes) is 5. The van der Waals surface area contributed by atoms with E-state index in [2.05, 4.69) is 12.2 Å². The first-order valence-corrected chi connectivity index (χ1v) is 11.0. The number of alkyl carbamates (subject to hydrolysis) is 1.